The molecule has 0 atom stereocenters. The van der Waals surface area contributed by atoms with Gasteiger partial charge in [0.25, 0.3) is 0 Å². The van der Waals surface area contributed by atoms with Gasteiger partial charge in [-0.3, -0.25) is 4.79 Å². The molecule has 0 spiro atoms. The van der Waals surface area contributed by atoms with Crippen molar-refractivity contribution in [3.8, 4) is 6.01 Å². The van der Waals surface area contributed by atoms with Crippen LogP contribution in [0.1, 0.15) is 19.8 Å². The monoisotopic (exact) mass is 406 g/mol. The van der Waals surface area contributed by atoms with Gasteiger partial charge in [0.2, 0.25) is 17.8 Å². The van der Waals surface area contributed by atoms with Crippen LogP contribution in [0.25, 0.3) is 0 Å². The molecule has 154 valence electrons. The summed E-state index contributed by atoms with van der Waals surface area (Å²) in [4.78, 5) is 34.6. The van der Waals surface area contributed by atoms with Crippen molar-refractivity contribution in [3.63, 3.8) is 0 Å². The summed E-state index contributed by atoms with van der Waals surface area (Å²) in [5.41, 5.74) is 1.47. The summed E-state index contributed by atoms with van der Waals surface area (Å²) in [7, 11) is 0. The summed E-state index contributed by atoms with van der Waals surface area (Å²) in [6, 6.07) is 9.53. The van der Waals surface area contributed by atoms with Crippen LogP contribution in [0, 0.1) is 0 Å². The number of anilines is 4. The predicted molar refractivity (Wildman–Crippen MR) is 112 cm³/mol. The highest BCUT2D eigenvalue weighted by Crippen LogP contribution is 2.21. The fraction of sp³-hybridized carbons (Fsp3) is 0.300. The Hall–Kier alpha value is -3.82. The first-order valence-electron chi connectivity index (χ1n) is 9.68. The topological polar surface area (TPSA) is 118 Å². The van der Waals surface area contributed by atoms with Crippen LogP contribution in [0.4, 0.5) is 23.3 Å². The Morgan fingerprint density at radius 2 is 1.83 bits per heavy atom. The Bertz CT molecular complexity index is 993. The first-order valence-corrected chi connectivity index (χ1v) is 9.68. The van der Waals surface area contributed by atoms with Crippen LogP contribution in [0.5, 0.6) is 6.01 Å². The van der Waals surface area contributed by atoms with E-state index < -0.39 is 0 Å². The number of hydrogen-bond donors (Lipinski definition) is 2. The van der Waals surface area contributed by atoms with Gasteiger partial charge >= 0.3 is 6.01 Å². The predicted octanol–water partition coefficient (Wildman–Crippen LogP) is 2.41. The lowest BCUT2D eigenvalue weighted by molar-refractivity contribution is -0.114. The second-order valence-corrected chi connectivity index (χ2v) is 6.83. The number of ether oxygens (including phenoxy) is 1. The Morgan fingerprint density at radius 3 is 2.60 bits per heavy atom. The van der Waals surface area contributed by atoms with E-state index in [0.29, 0.717) is 23.6 Å². The minimum Gasteiger partial charge on any atom is -0.460 e. The van der Waals surface area contributed by atoms with Gasteiger partial charge in [0, 0.05) is 56.6 Å². The van der Waals surface area contributed by atoms with Crippen molar-refractivity contribution >= 4 is 29.2 Å². The first kappa shape index (κ1) is 19.5. The molecule has 0 radical (unpaired) electrons. The normalized spacial score (nSPS) is 14.2. The van der Waals surface area contributed by atoms with Gasteiger partial charge in [-0.25, -0.2) is 19.9 Å². The fourth-order valence-corrected chi connectivity index (χ4v) is 3.18. The van der Waals surface area contributed by atoms with Gasteiger partial charge in [0.05, 0.1) is 0 Å². The van der Waals surface area contributed by atoms with E-state index in [1.54, 1.807) is 18.5 Å². The van der Waals surface area contributed by atoms with Crippen LogP contribution < -0.4 is 20.3 Å². The molecule has 2 aromatic heterocycles. The van der Waals surface area contributed by atoms with Gasteiger partial charge < -0.3 is 20.3 Å². The lowest BCUT2D eigenvalue weighted by Crippen LogP contribution is -2.39. The highest BCUT2D eigenvalue weighted by atomic mass is 16.5. The lowest BCUT2D eigenvalue weighted by Gasteiger charge is -2.31. The number of carbonyl (C=O) groups is 1. The summed E-state index contributed by atoms with van der Waals surface area (Å²) in [5.74, 6) is 0.928. The first-order chi connectivity index (χ1) is 14.7. The third-order valence-electron chi connectivity index (χ3n) is 4.54. The molecular formula is C20H22N8O2. The standard InChI is InChI=1S/C20H22N8O2/c1-14(29)25-15-4-2-5-16(12-15)26-18-23-13-24-19(27-18)28-10-6-17(7-11-28)30-20-21-8-3-9-22-20/h2-5,8-9,12-13,17H,6-7,10-11H2,1H3,(H,25,29)(H,23,24,26,27). The molecule has 0 saturated carbocycles. The smallest absolute Gasteiger partial charge is 0.316 e. The molecule has 0 aliphatic carbocycles. The maximum atomic E-state index is 11.2. The number of amides is 1. The van der Waals surface area contributed by atoms with Crippen molar-refractivity contribution in [2.45, 2.75) is 25.9 Å². The minimum absolute atomic E-state index is 0.0691. The molecule has 3 heterocycles. The number of nitrogens with zero attached hydrogens (tertiary/aromatic N) is 6. The number of piperidine rings is 1. The third kappa shape index (κ3) is 5.16. The fourth-order valence-electron chi connectivity index (χ4n) is 3.18. The van der Waals surface area contributed by atoms with Crippen LogP contribution in [0.2, 0.25) is 0 Å². The van der Waals surface area contributed by atoms with Crippen molar-refractivity contribution in [2.24, 2.45) is 0 Å². The maximum absolute atomic E-state index is 11.2. The second kappa shape index (κ2) is 9.12. The molecule has 1 aliphatic rings. The van der Waals surface area contributed by atoms with E-state index in [-0.39, 0.29) is 12.0 Å². The summed E-state index contributed by atoms with van der Waals surface area (Å²) in [6.07, 6.45) is 6.55. The molecule has 3 aromatic rings. The molecule has 10 nitrogen and oxygen atoms in total. The molecule has 2 N–H and O–H groups in total. The molecule has 1 aliphatic heterocycles. The van der Waals surface area contributed by atoms with Crippen molar-refractivity contribution in [2.75, 3.05) is 28.6 Å². The highest BCUT2D eigenvalue weighted by Gasteiger charge is 2.23. The Balaban J connectivity index is 1.36. The van der Waals surface area contributed by atoms with Gasteiger partial charge in [0.15, 0.2) is 0 Å². The Morgan fingerprint density at radius 1 is 1.07 bits per heavy atom. The largest absolute Gasteiger partial charge is 0.460 e. The van der Waals surface area contributed by atoms with Crippen LogP contribution in [-0.2, 0) is 4.79 Å². The number of benzene rings is 1. The quantitative estimate of drug-likeness (QED) is 0.636. The summed E-state index contributed by atoms with van der Waals surface area (Å²) in [6.45, 7) is 3.00. The van der Waals surface area contributed by atoms with Crippen LogP contribution in [0.3, 0.4) is 0 Å². The molecule has 4 rings (SSSR count). The van der Waals surface area contributed by atoms with E-state index in [2.05, 4.69) is 40.5 Å². The number of hydrogen-bond acceptors (Lipinski definition) is 9. The van der Waals surface area contributed by atoms with Gasteiger partial charge in [-0.05, 0) is 24.3 Å². The minimum atomic E-state index is -0.124. The molecule has 10 heteroatoms. The highest BCUT2D eigenvalue weighted by molar-refractivity contribution is 5.89. The molecule has 1 saturated heterocycles. The van der Waals surface area contributed by atoms with Crippen molar-refractivity contribution in [1.82, 2.24) is 24.9 Å². The molecular weight excluding hydrogens is 384 g/mol. The summed E-state index contributed by atoms with van der Waals surface area (Å²) in [5, 5.41) is 5.91. The van der Waals surface area contributed by atoms with Crippen molar-refractivity contribution < 1.29 is 9.53 Å². The number of aromatic nitrogens is 5. The number of carbonyl (C=O) groups excluding carboxylic acids is 1. The van der Waals surface area contributed by atoms with Crippen LogP contribution in [-0.4, -0.2) is 50.0 Å². The summed E-state index contributed by atoms with van der Waals surface area (Å²) < 4.78 is 5.84. The molecule has 0 unspecified atom stereocenters. The van der Waals surface area contributed by atoms with E-state index in [9.17, 15) is 4.79 Å². The van der Waals surface area contributed by atoms with E-state index >= 15 is 0 Å². The molecule has 0 bridgehead atoms. The lowest BCUT2D eigenvalue weighted by atomic mass is 10.1. The summed E-state index contributed by atoms with van der Waals surface area (Å²) >= 11 is 0. The number of nitrogens with one attached hydrogen (secondary N) is 2. The Kier molecular flexibility index (Phi) is 5.93. The maximum Gasteiger partial charge on any atom is 0.316 e. The average Bonchev–Trinajstić information content (AvgIpc) is 2.75. The van der Waals surface area contributed by atoms with Gasteiger partial charge in [-0.1, -0.05) is 6.07 Å². The molecule has 1 aromatic carbocycles. The SMILES string of the molecule is CC(=O)Nc1cccc(Nc2ncnc(N3CCC(Oc4ncccn4)CC3)n2)c1. The third-order valence-corrected chi connectivity index (χ3v) is 4.54. The average molecular weight is 406 g/mol. The van der Waals surface area contributed by atoms with E-state index in [0.717, 1.165) is 31.6 Å². The molecule has 30 heavy (non-hydrogen) atoms. The van der Waals surface area contributed by atoms with Crippen molar-refractivity contribution in [1.29, 1.82) is 0 Å². The zero-order valence-electron chi connectivity index (χ0n) is 16.5. The van der Waals surface area contributed by atoms with Crippen LogP contribution >= 0.6 is 0 Å². The van der Waals surface area contributed by atoms with E-state index in [4.69, 9.17) is 4.74 Å². The zero-order valence-corrected chi connectivity index (χ0v) is 16.5. The molecule has 1 amide bonds. The van der Waals surface area contributed by atoms with Gasteiger partial charge in [0.1, 0.15) is 12.4 Å². The van der Waals surface area contributed by atoms with Gasteiger partial charge in [-0.2, -0.15) is 4.98 Å². The second-order valence-electron chi connectivity index (χ2n) is 6.83. The van der Waals surface area contributed by atoms with E-state index in [1.807, 2.05) is 24.3 Å². The Labute approximate surface area is 173 Å². The van der Waals surface area contributed by atoms with E-state index in [1.165, 1.54) is 13.3 Å². The van der Waals surface area contributed by atoms with Gasteiger partial charge in [-0.15, -0.1) is 0 Å². The van der Waals surface area contributed by atoms with Crippen molar-refractivity contribution in [3.05, 3.63) is 49.1 Å². The van der Waals surface area contributed by atoms with Crippen LogP contribution in [0.15, 0.2) is 49.1 Å². The molecule has 1 fully saturated rings. The zero-order chi connectivity index (χ0) is 20.8. The number of rotatable bonds is 6.